The highest BCUT2D eigenvalue weighted by molar-refractivity contribution is 6.42. The second kappa shape index (κ2) is 12.4. The van der Waals surface area contributed by atoms with E-state index in [0.29, 0.717) is 16.7 Å². The van der Waals surface area contributed by atoms with Crippen LogP contribution in [0.2, 0.25) is 10.0 Å². The fourth-order valence-electron chi connectivity index (χ4n) is 3.03. The van der Waals surface area contributed by atoms with Crippen LogP contribution in [0, 0.1) is 0 Å². The first-order chi connectivity index (χ1) is 12.7. The van der Waals surface area contributed by atoms with Crippen molar-refractivity contribution >= 4 is 23.2 Å². The first-order valence-corrected chi connectivity index (χ1v) is 10.5. The van der Waals surface area contributed by atoms with E-state index in [0.717, 1.165) is 18.5 Å². The van der Waals surface area contributed by atoms with Gasteiger partial charge in [-0.2, -0.15) is 0 Å². The summed E-state index contributed by atoms with van der Waals surface area (Å²) in [6.45, 7) is 3.63. The SMILES string of the molecule is CCCCCCCCCC(Cn1ccnc1)OCc1ccc(Cl)c(Cl)c1. The molecule has 1 aromatic carbocycles. The van der Waals surface area contributed by atoms with Gasteiger partial charge in [-0.25, -0.2) is 4.98 Å². The molecule has 1 atom stereocenters. The molecule has 1 heterocycles. The van der Waals surface area contributed by atoms with E-state index in [2.05, 4.69) is 16.5 Å². The Morgan fingerprint density at radius 2 is 1.81 bits per heavy atom. The van der Waals surface area contributed by atoms with Crippen LogP contribution in [0.25, 0.3) is 0 Å². The molecular formula is C21H30Cl2N2O. The number of unbranched alkanes of at least 4 members (excludes halogenated alkanes) is 6. The van der Waals surface area contributed by atoms with Gasteiger partial charge in [0.1, 0.15) is 0 Å². The average Bonchev–Trinajstić information content (AvgIpc) is 3.14. The highest BCUT2D eigenvalue weighted by Gasteiger charge is 2.11. The lowest BCUT2D eigenvalue weighted by atomic mass is 10.1. The predicted molar refractivity (Wildman–Crippen MR) is 110 cm³/mol. The Kier molecular flexibility index (Phi) is 10.1. The van der Waals surface area contributed by atoms with E-state index >= 15 is 0 Å². The Morgan fingerprint density at radius 3 is 2.50 bits per heavy atom. The fraction of sp³-hybridized carbons (Fsp3) is 0.571. The molecule has 0 saturated heterocycles. The first-order valence-electron chi connectivity index (χ1n) is 9.70. The molecule has 0 spiro atoms. The molecule has 0 N–H and O–H groups in total. The molecule has 0 saturated carbocycles. The lowest BCUT2D eigenvalue weighted by Gasteiger charge is -2.19. The number of benzene rings is 1. The van der Waals surface area contributed by atoms with Gasteiger partial charge >= 0.3 is 0 Å². The molecule has 0 aliphatic heterocycles. The Balaban J connectivity index is 1.78. The van der Waals surface area contributed by atoms with Crippen LogP contribution in [0.3, 0.4) is 0 Å². The van der Waals surface area contributed by atoms with Crippen molar-refractivity contribution in [2.45, 2.75) is 77.5 Å². The maximum absolute atomic E-state index is 6.19. The molecule has 0 aliphatic rings. The van der Waals surface area contributed by atoms with Crippen molar-refractivity contribution < 1.29 is 4.74 Å². The zero-order chi connectivity index (χ0) is 18.6. The van der Waals surface area contributed by atoms with Crippen LogP contribution in [0.15, 0.2) is 36.9 Å². The Morgan fingerprint density at radius 1 is 1.04 bits per heavy atom. The van der Waals surface area contributed by atoms with Crippen molar-refractivity contribution in [1.82, 2.24) is 9.55 Å². The van der Waals surface area contributed by atoms with E-state index in [1.54, 1.807) is 0 Å². The molecule has 0 fully saturated rings. The quantitative estimate of drug-likeness (QED) is 0.343. The second-order valence-electron chi connectivity index (χ2n) is 6.85. The summed E-state index contributed by atoms with van der Waals surface area (Å²) in [5.74, 6) is 0. The lowest BCUT2D eigenvalue weighted by Crippen LogP contribution is -2.19. The molecule has 2 rings (SSSR count). The number of halogens is 2. The van der Waals surface area contributed by atoms with Crippen LogP contribution in [0.1, 0.15) is 63.9 Å². The van der Waals surface area contributed by atoms with Crippen molar-refractivity contribution in [3.05, 3.63) is 52.5 Å². The van der Waals surface area contributed by atoms with Crippen molar-refractivity contribution in [2.75, 3.05) is 0 Å². The Labute approximate surface area is 167 Å². The number of ether oxygens (including phenoxy) is 1. The van der Waals surface area contributed by atoms with Crippen LogP contribution < -0.4 is 0 Å². The lowest BCUT2D eigenvalue weighted by molar-refractivity contribution is 0.0221. The molecule has 0 aliphatic carbocycles. The van der Waals surface area contributed by atoms with E-state index in [-0.39, 0.29) is 6.10 Å². The van der Waals surface area contributed by atoms with Gasteiger partial charge in [0.2, 0.25) is 0 Å². The zero-order valence-corrected chi connectivity index (χ0v) is 17.2. The van der Waals surface area contributed by atoms with Crippen LogP contribution in [-0.4, -0.2) is 15.7 Å². The smallest absolute Gasteiger partial charge is 0.0946 e. The third-order valence-electron chi connectivity index (χ3n) is 4.57. The van der Waals surface area contributed by atoms with Gasteiger partial charge < -0.3 is 9.30 Å². The number of hydrogen-bond acceptors (Lipinski definition) is 2. The summed E-state index contributed by atoms with van der Waals surface area (Å²) < 4.78 is 8.28. The van der Waals surface area contributed by atoms with Gasteiger partial charge in [0.15, 0.2) is 0 Å². The van der Waals surface area contributed by atoms with Gasteiger partial charge in [0.25, 0.3) is 0 Å². The van der Waals surface area contributed by atoms with Crippen LogP contribution >= 0.6 is 23.2 Å². The standard InChI is InChI=1S/C21H30Cl2N2O/c1-2-3-4-5-6-7-8-9-19(15-25-13-12-24-17-25)26-16-18-10-11-20(22)21(23)14-18/h10-14,17,19H,2-9,15-16H2,1H3. The third kappa shape index (κ3) is 8.11. The normalized spacial score (nSPS) is 12.4. The molecule has 0 bridgehead atoms. The topological polar surface area (TPSA) is 27.1 Å². The van der Waals surface area contributed by atoms with Gasteiger partial charge in [0.05, 0.1) is 29.1 Å². The molecular weight excluding hydrogens is 367 g/mol. The molecule has 0 amide bonds. The summed E-state index contributed by atoms with van der Waals surface area (Å²) in [6.07, 6.45) is 16.1. The summed E-state index contributed by atoms with van der Waals surface area (Å²) in [7, 11) is 0. The molecule has 3 nitrogen and oxygen atoms in total. The molecule has 1 aromatic heterocycles. The number of nitrogens with zero attached hydrogens (tertiary/aromatic N) is 2. The maximum Gasteiger partial charge on any atom is 0.0946 e. The van der Waals surface area contributed by atoms with Gasteiger partial charge in [0, 0.05) is 18.9 Å². The van der Waals surface area contributed by atoms with E-state index in [1.807, 2.05) is 36.9 Å². The molecule has 0 radical (unpaired) electrons. The van der Waals surface area contributed by atoms with Crippen molar-refractivity contribution in [2.24, 2.45) is 0 Å². The summed E-state index contributed by atoms with van der Waals surface area (Å²) in [5.41, 5.74) is 1.05. The molecule has 1 unspecified atom stereocenters. The minimum atomic E-state index is 0.175. The molecule has 26 heavy (non-hydrogen) atoms. The average molecular weight is 397 g/mol. The maximum atomic E-state index is 6.19. The van der Waals surface area contributed by atoms with Gasteiger partial charge in [-0.1, -0.05) is 81.1 Å². The Bertz CT molecular complexity index is 616. The highest BCUT2D eigenvalue weighted by Crippen LogP contribution is 2.23. The van der Waals surface area contributed by atoms with E-state index in [4.69, 9.17) is 27.9 Å². The predicted octanol–water partition coefficient (Wildman–Crippen LogP) is 6.92. The Hall–Kier alpha value is -1.03. The molecule has 144 valence electrons. The number of hydrogen-bond donors (Lipinski definition) is 0. The van der Waals surface area contributed by atoms with Gasteiger partial charge in [-0.05, 0) is 24.1 Å². The van der Waals surface area contributed by atoms with Gasteiger partial charge in [-0.3, -0.25) is 0 Å². The largest absolute Gasteiger partial charge is 0.372 e. The highest BCUT2D eigenvalue weighted by atomic mass is 35.5. The van der Waals surface area contributed by atoms with Crippen LogP contribution in [0.5, 0.6) is 0 Å². The van der Waals surface area contributed by atoms with Gasteiger partial charge in [-0.15, -0.1) is 0 Å². The van der Waals surface area contributed by atoms with Crippen molar-refractivity contribution in [3.8, 4) is 0 Å². The summed E-state index contributed by atoms with van der Waals surface area (Å²) in [5, 5.41) is 1.15. The van der Waals surface area contributed by atoms with Crippen molar-refractivity contribution in [3.63, 3.8) is 0 Å². The third-order valence-corrected chi connectivity index (χ3v) is 5.31. The fourth-order valence-corrected chi connectivity index (χ4v) is 3.35. The summed E-state index contributed by atoms with van der Waals surface area (Å²) in [6, 6.07) is 5.67. The number of imidazole rings is 1. The summed E-state index contributed by atoms with van der Waals surface area (Å²) >= 11 is 12.1. The van der Waals surface area contributed by atoms with E-state index in [9.17, 15) is 0 Å². The number of aromatic nitrogens is 2. The van der Waals surface area contributed by atoms with Crippen LogP contribution in [0.4, 0.5) is 0 Å². The number of rotatable bonds is 13. The molecule has 5 heteroatoms. The zero-order valence-electron chi connectivity index (χ0n) is 15.7. The monoisotopic (exact) mass is 396 g/mol. The van der Waals surface area contributed by atoms with Crippen molar-refractivity contribution in [1.29, 1.82) is 0 Å². The van der Waals surface area contributed by atoms with E-state index < -0.39 is 0 Å². The second-order valence-corrected chi connectivity index (χ2v) is 7.67. The summed E-state index contributed by atoms with van der Waals surface area (Å²) in [4.78, 5) is 4.13. The van der Waals surface area contributed by atoms with Crippen LogP contribution in [-0.2, 0) is 17.9 Å². The minimum absolute atomic E-state index is 0.175. The minimum Gasteiger partial charge on any atom is -0.372 e. The molecule has 2 aromatic rings. The first kappa shape index (κ1) is 21.3. The van der Waals surface area contributed by atoms with E-state index in [1.165, 1.54) is 44.9 Å².